The summed E-state index contributed by atoms with van der Waals surface area (Å²) in [4.78, 5) is 25.4. The van der Waals surface area contributed by atoms with Crippen molar-refractivity contribution in [1.29, 1.82) is 0 Å². The third-order valence-electron chi connectivity index (χ3n) is 4.61. The van der Waals surface area contributed by atoms with Crippen LogP contribution in [0.4, 0.5) is 23.2 Å². The highest BCUT2D eigenvalue weighted by molar-refractivity contribution is 7.98. The van der Waals surface area contributed by atoms with Crippen LogP contribution in [0.25, 0.3) is 0 Å². The van der Waals surface area contributed by atoms with Crippen molar-refractivity contribution < 1.29 is 27.1 Å². The first-order valence-electron chi connectivity index (χ1n) is 11.0. The highest BCUT2D eigenvalue weighted by atomic mass is 32.2. The number of carbonyl (C=O) groups excluding carboxylic acids is 1. The van der Waals surface area contributed by atoms with Crippen LogP contribution in [0.1, 0.15) is 45.3 Å². The van der Waals surface area contributed by atoms with Gasteiger partial charge in [0.05, 0.1) is 0 Å². The lowest BCUT2D eigenvalue weighted by atomic mass is 9.93. The predicted octanol–water partition coefficient (Wildman–Crippen LogP) is 3.89. The van der Waals surface area contributed by atoms with Gasteiger partial charge in [0.15, 0.2) is 6.61 Å². The van der Waals surface area contributed by atoms with Crippen LogP contribution in [-0.4, -0.2) is 49.9 Å². The molecule has 10 nitrogen and oxygen atoms in total. The molecule has 208 valence electrons. The number of rotatable bonds is 6. The van der Waals surface area contributed by atoms with Crippen molar-refractivity contribution in [3.05, 3.63) is 51.1 Å². The smallest absolute Gasteiger partial charge is 0.445 e. The Hall–Kier alpha value is -3.27. The van der Waals surface area contributed by atoms with E-state index in [1.165, 1.54) is 40.9 Å². The Morgan fingerprint density at radius 1 is 1.13 bits per heavy atom. The summed E-state index contributed by atoms with van der Waals surface area (Å²) in [6, 6.07) is 5.02. The Bertz CT molecular complexity index is 1290. The van der Waals surface area contributed by atoms with Gasteiger partial charge in [0.1, 0.15) is 11.5 Å². The van der Waals surface area contributed by atoms with E-state index in [0.29, 0.717) is 16.5 Å². The Labute approximate surface area is 224 Å². The van der Waals surface area contributed by atoms with Crippen LogP contribution in [0.3, 0.4) is 0 Å². The van der Waals surface area contributed by atoms with Crippen LogP contribution in [0.5, 0.6) is 5.19 Å². The fourth-order valence-corrected chi connectivity index (χ4v) is 3.87. The molecule has 0 fully saturated rings. The number of ether oxygens (including phenoxy) is 1. The number of alkyl halides is 3. The summed E-state index contributed by atoms with van der Waals surface area (Å²) in [6.45, 7) is 8.68. The molecule has 0 aliphatic carbocycles. The largest absolute Gasteiger partial charge is 0.459 e. The molecule has 3 aromatic rings. The maximum atomic E-state index is 13.0. The van der Waals surface area contributed by atoms with Crippen molar-refractivity contribution >= 4 is 34.7 Å². The second kappa shape index (κ2) is 12.5. The summed E-state index contributed by atoms with van der Waals surface area (Å²) in [7, 11) is 0. The molecule has 1 amide bonds. The second-order valence-electron chi connectivity index (χ2n) is 8.95. The highest BCUT2D eigenvalue weighted by Gasteiger charge is 2.36. The molecular weight excluding hydrogens is 550 g/mol. The molecule has 16 heteroatoms. The number of nitrogens with two attached hydrogens (primary N) is 1. The lowest BCUT2D eigenvalue weighted by Gasteiger charge is -2.26. The van der Waals surface area contributed by atoms with E-state index in [-0.39, 0.29) is 33.5 Å². The SMILES string of the molecule is CC(C)N(C(=O)COc1nnc(C(F)(F)F)s1)c1ccc(F)cc1.CSc1nnc(C(C)(C)C)c(=O)n1N. The summed E-state index contributed by atoms with van der Waals surface area (Å²) in [6.07, 6.45) is -2.81. The average Bonchev–Trinajstić information content (AvgIpc) is 3.30. The number of thioether (sulfide) groups is 1. The van der Waals surface area contributed by atoms with E-state index in [2.05, 4.69) is 20.4 Å². The molecule has 0 spiro atoms. The van der Waals surface area contributed by atoms with Gasteiger partial charge in [-0.2, -0.15) is 17.8 Å². The second-order valence-corrected chi connectivity index (χ2v) is 10.7. The normalized spacial score (nSPS) is 11.7. The summed E-state index contributed by atoms with van der Waals surface area (Å²) >= 11 is 1.50. The molecule has 2 N–H and O–H groups in total. The Morgan fingerprint density at radius 2 is 1.74 bits per heavy atom. The first-order valence-corrected chi connectivity index (χ1v) is 13.0. The number of carbonyl (C=O) groups is 1. The number of nitrogen functional groups attached to an aromatic ring is 1. The van der Waals surface area contributed by atoms with Crippen molar-refractivity contribution in [2.45, 2.75) is 57.4 Å². The van der Waals surface area contributed by atoms with Gasteiger partial charge in [0, 0.05) is 17.1 Å². The average molecular weight is 578 g/mol. The molecule has 3 rings (SSSR count). The minimum atomic E-state index is -4.61. The third-order valence-corrected chi connectivity index (χ3v) is 6.14. The maximum Gasteiger partial charge on any atom is 0.445 e. The number of hydrogen-bond donors (Lipinski definition) is 1. The van der Waals surface area contributed by atoms with Crippen LogP contribution in [0, 0.1) is 5.82 Å². The van der Waals surface area contributed by atoms with Gasteiger partial charge in [-0.15, -0.1) is 15.3 Å². The first kappa shape index (κ1) is 31.0. The fraction of sp³-hybridized carbons (Fsp3) is 0.455. The number of nitrogens with zero attached hydrogens (tertiary/aromatic N) is 6. The summed E-state index contributed by atoms with van der Waals surface area (Å²) in [5, 5.41) is 12.9. The number of hydrogen-bond acceptors (Lipinski definition) is 10. The first-order chi connectivity index (χ1) is 17.6. The van der Waals surface area contributed by atoms with Gasteiger partial charge in [-0.1, -0.05) is 49.0 Å². The van der Waals surface area contributed by atoms with Crippen LogP contribution in [0.2, 0.25) is 0 Å². The van der Waals surface area contributed by atoms with Crippen LogP contribution >= 0.6 is 23.1 Å². The number of aromatic nitrogens is 5. The molecular formula is C22H27F4N7O3S2. The molecule has 38 heavy (non-hydrogen) atoms. The quantitative estimate of drug-likeness (QED) is 0.264. The van der Waals surface area contributed by atoms with Crippen molar-refractivity contribution in [3.8, 4) is 5.19 Å². The van der Waals surface area contributed by atoms with Crippen LogP contribution in [-0.2, 0) is 16.4 Å². The lowest BCUT2D eigenvalue weighted by molar-refractivity contribution is -0.138. The monoisotopic (exact) mass is 577 g/mol. The van der Waals surface area contributed by atoms with Gasteiger partial charge in [0.25, 0.3) is 16.7 Å². The maximum absolute atomic E-state index is 13.0. The van der Waals surface area contributed by atoms with Gasteiger partial charge in [-0.25, -0.2) is 4.39 Å². The van der Waals surface area contributed by atoms with Gasteiger partial charge in [-0.05, 0) is 44.4 Å². The zero-order valence-electron chi connectivity index (χ0n) is 21.4. The molecule has 0 saturated carbocycles. The molecule has 1 aromatic carbocycles. The topological polar surface area (TPSA) is 129 Å². The molecule has 2 aromatic heterocycles. The Kier molecular flexibility index (Phi) is 10.2. The Morgan fingerprint density at radius 3 is 2.21 bits per heavy atom. The Balaban J connectivity index is 0.000000308. The molecule has 0 aliphatic rings. The minimum absolute atomic E-state index is 0.210. The van der Waals surface area contributed by atoms with E-state index < -0.39 is 29.5 Å². The third kappa shape index (κ3) is 8.11. The van der Waals surface area contributed by atoms with Gasteiger partial charge in [-0.3, -0.25) is 9.59 Å². The molecule has 0 aliphatic heterocycles. The molecule has 0 bridgehead atoms. The molecule has 0 atom stereocenters. The number of amides is 1. The molecule has 0 saturated heterocycles. The molecule has 0 unspecified atom stereocenters. The van der Waals surface area contributed by atoms with E-state index >= 15 is 0 Å². The zero-order chi connectivity index (χ0) is 28.8. The van der Waals surface area contributed by atoms with Crippen molar-refractivity contribution in [1.82, 2.24) is 25.1 Å². The van der Waals surface area contributed by atoms with Gasteiger partial charge < -0.3 is 15.5 Å². The van der Waals surface area contributed by atoms with E-state index in [1.54, 1.807) is 20.1 Å². The van der Waals surface area contributed by atoms with Crippen molar-refractivity contribution in [2.75, 3.05) is 23.6 Å². The van der Waals surface area contributed by atoms with E-state index in [4.69, 9.17) is 10.6 Å². The van der Waals surface area contributed by atoms with Gasteiger partial charge >= 0.3 is 6.18 Å². The molecule has 2 heterocycles. The summed E-state index contributed by atoms with van der Waals surface area (Å²) in [5.74, 6) is 4.63. The number of benzene rings is 1. The predicted molar refractivity (Wildman–Crippen MR) is 136 cm³/mol. The van der Waals surface area contributed by atoms with Gasteiger partial charge in [0.2, 0.25) is 10.2 Å². The summed E-state index contributed by atoms with van der Waals surface area (Å²) in [5.41, 5.74) is 0.227. The van der Waals surface area contributed by atoms with Crippen molar-refractivity contribution in [2.24, 2.45) is 0 Å². The molecule has 0 radical (unpaired) electrons. The van der Waals surface area contributed by atoms with Crippen LogP contribution in [0.15, 0.2) is 34.2 Å². The van der Waals surface area contributed by atoms with Crippen LogP contribution < -0.4 is 21.0 Å². The van der Waals surface area contributed by atoms with E-state index in [1.807, 2.05) is 20.8 Å². The van der Waals surface area contributed by atoms with Crippen molar-refractivity contribution in [3.63, 3.8) is 0 Å². The fourth-order valence-electron chi connectivity index (χ4n) is 2.90. The summed E-state index contributed by atoms with van der Waals surface area (Å²) < 4.78 is 56.3. The van der Waals surface area contributed by atoms with E-state index in [9.17, 15) is 27.2 Å². The zero-order valence-corrected chi connectivity index (χ0v) is 23.0. The minimum Gasteiger partial charge on any atom is -0.459 e. The number of halogens is 4. The van der Waals surface area contributed by atoms with E-state index in [0.717, 1.165) is 4.68 Å². The standard InChI is InChI=1S/C14H13F4N3O2S.C8H14N4OS/c1-8(2)21(10-5-3-9(15)4-6-10)11(22)7-23-13-20-19-12(24-13)14(16,17)18;1-8(2,3)5-6(13)12(9)7(14-4)11-10-5/h3-6,8H,7H2,1-2H3;9H2,1-4H3. The highest BCUT2D eigenvalue weighted by Crippen LogP contribution is 2.34. The lowest BCUT2D eigenvalue weighted by Crippen LogP contribution is -2.40. The number of anilines is 1.